The molecule has 6 nitrogen and oxygen atoms in total. The van der Waals surface area contributed by atoms with Crippen molar-refractivity contribution in [1.82, 2.24) is 19.7 Å². The molecule has 23 heavy (non-hydrogen) atoms. The number of sulfone groups is 1. The molecule has 1 saturated heterocycles. The third kappa shape index (κ3) is 3.40. The topological polar surface area (TPSA) is 68.1 Å². The smallest absolute Gasteiger partial charge is 0.151 e. The monoisotopic (exact) mass is 342 g/mol. The standard InChI is InChI=1S/C14H16F2N4O2S/c1-19(11-4-5-23(21,22)8-11)7-14-17-9-18-20(14)13-3-2-10(15)6-12(13)16/h2-3,6,9,11H,4-5,7-8H2,1H3/t11-/m1/s1. The first-order valence-electron chi connectivity index (χ1n) is 7.11. The predicted molar refractivity (Wildman–Crippen MR) is 79.8 cm³/mol. The van der Waals surface area contributed by atoms with Crippen LogP contribution in [-0.2, 0) is 16.4 Å². The van der Waals surface area contributed by atoms with Crippen LogP contribution in [0.1, 0.15) is 12.2 Å². The zero-order valence-corrected chi connectivity index (χ0v) is 13.3. The highest BCUT2D eigenvalue weighted by atomic mass is 32.2. The Bertz CT molecular complexity index is 822. The Balaban J connectivity index is 1.81. The number of halogens is 2. The number of nitrogens with zero attached hydrogens (tertiary/aromatic N) is 4. The molecule has 0 aliphatic carbocycles. The van der Waals surface area contributed by atoms with Crippen molar-refractivity contribution in [2.45, 2.75) is 19.0 Å². The van der Waals surface area contributed by atoms with E-state index in [0.29, 0.717) is 18.8 Å². The van der Waals surface area contributed by atoms with E-state index in [1.54, 1.807) is 7.05 Å². The van der Waals surface area contributed by atoms with Crippen molar-refractivity contribution in [2.75, 3.05) is 18.6 Å². The summed E-state index contributed by atoms with van der Waals surface area (Å²) in [5, 5.41) is 3.98. The summed E-state index contributed by atoms with van der Waals surface area (Å²) >= 11 is 0. The molecule has 2 aromatic rings. The summed E-state index contributed by atoms with van der Waals surface area (Å²) in [6.07, 6.45) is 1.86. The highest BCUT2D eigenvalue weighted by molar-refractivity contribution is 7.91. The van der Waals surface area contributed by atoms with Crippen molar-refractivity contribution < 1.29 is 17.2 Å². The zero-order chi connectivity index (χ0) is 16.6. The van der Waals surface area contributed by atoms with Crippen LogP contribution >= 0.6 is 0 Å². The molecule has 1 aromatic carbocycles. The van der Waals surface area contributed by atoms with Gasteiger partial charge in [-0.25, -0.2) is 26.9 Å². The molecule has 1 fully saturated rings. The molecule has 1 atom stereocenters. The van der Waals surface area contributed by atoms with Gasteiger partial charge in [-0.1, -0.05) is 0 Å². The van der Waals surface area contributed by atoms with Crippen LogP contribution in [0.3, 0.4) is 0 Å². The van der Waals surface area contributed by atoms with E-state index in [9.17, 15) is 17.2 Å². The van der Waals surface area contributed by atoms with Crippen LogP contribution in [0.5, 0.6) is 0 Å². The molecule has 0 N–H and O–H groups in total. The summed E-state index contributed by atoms with van der Waals surface area (Å²) in [5.74, 6) is -0.643. The third-order valence-corrected chi connectivity index (χ3v) is 5.73. The van der Waals surface area contributed by atoms with Crippen LogP contribution in [0.25, 0.3) is 5.69 Å². The van der Waals surface area contributed by atoms with Crippen molar-refractivity contribution in [3.63, 3.8) is 0 Å². The van der Waals surface area contributed by atoms with Crippen molar-refractivity contribution in [3.8, 4) is 5.69 Å². The van der Waals surface area contributed by atoms with E-state index in [1.807, 2.05) is 4.90 Å². The Morgan fingerprint density at radius 1 is 1.39 bits per heavy atom. The van der Waals surface area contributed by atoms with Gasteiger partial charge in [-0.2, -0.15) is 5.10 Å². The summed E-state index contributed by atoms with van der Waals surface area (Å²) in [7, 11) is -1.18. The van der Waals surface area contributed by atoms with Crippen LogP contribution in [0, 0.1) is 11.6 Å². The lowest BCUT2D eigenvalue weighted by atomic mass is 10.2. The van der Waals surface area contributed by atoms with Crippen molar-refractivity contribution in [3.05, 3.63) is 42.0 Å². The first-order valence-corrected chi connectivity index (χ1v) is 8.93. The van der Waals surface area contributed by atoms with Gasteiger partial charge in [0.25, 0.3) is 0 Å². The minimum Gasteiger partial charge on any atom is -0.295 e. The summed E-state index contributed by atoms with van der Waals surface area (Å²) < 4.78 is 51.4. The fraction of sp³-hybridized carbons (Fsp3) is 0.429. The van der Waals surface area contributed by atoms with Gasteiger partial charge in [0, 0.05) is 12.1 Å². The lowest BCUT2D eigenvalue weighted by molar-refractivity contribution is 0.246. The largest absolute Gasteiger partial charge is 0.295 e. The first-order chi connectivity index (χ1) is 10.9. The summed E-state index contributed by atoms with van der Waals surface area (Å²) in [6, 6.07) is 3.14. The number of benzene rings is 1. The Morgan fingerprint density at radius 2 is 2.17 bits per heavy atom. The maximum absolute atomic E-state index is 13.9. The van der Waals surface area contributed by atoms with Gasteiger partial charge in [-0.15, -0.1) is 0 Å². The van der Waals surface area contributed by atoms with Gasteiger partial charge in [-0.3, -0.25) is 4.90 Å². The second-order valence-electron chi connectivity index (χ2n) is 5.66. The molecule has 0 spiro atoms. The molecular weight excluding hydrogens is 326 g/mol. The summed E-state index contributed by atoms with van der Waals surface area (Å²) in [5.41, 5.74) is 0.103. The third-order valence-electron chi connectivity index (χ3n) is 3.98. The molecule has 1 aliphatic rings. The van der Waals surface area contributed by atoms with E-state index in [0.717, 1.165) is 12.1 Å². The van der Waals surface area contributed by atoms with Gasteiger partial charge in [0.05, 0.1) is 18.1 Å². The molecule has 0 radical (unpaired) electrons. The molecule has 9 heteroatoms. The van der Waals surface area contributed by atoms with Crippen LogP contribution in [0.2, 0.25) is 0 Å². The predicted octanol–water partition coefficient (Wildman–Crippen LogP) is 1.16. The molecule has 3 rings (SSSR count). The van der Waals surface area contributed by atoms with E-state index in [2.05, 4.69) is 10.1 Å². The summed E-state index contributed by atoms with van der Waals surface area (Å²) in [6.45, 7) is 0.316. The van der Waals surface area contributed by atoms with Gasteiger partial charge in [-0.05, 0) is 25.6 Å². The molecule has 0 bridgehead atoms. The fourth-order valence-corrected chi connectivity index (χ4v) is 4.51. The molecule has 2 heterocycles. The van der Waals surface area contributed by atoms with E-state index < -0.39 is 21.5 Å². The Labute approximate surface area is 132 Å². The molecule has 0 amide bonds. The first kappa shape index (κ1) is 16.0. The average Bonchev–Trinajstić information content (AvgIpc) is 3.05. The van der Waals surface area contributed by atoms with E-state index in [-0.39, 0.29) is 23.2 Å². The lowest BCUT2D eigenvalue weighted by Crippen LogP contribution is -2.33. The number of aromatic nitrogens is 3. The van der Waals surface area contributed by atoms with Crippen molar-refractivity contribution in [1.29, 1.82) is 0 Å². The van der Waals surface area contributed by atoms with E-state index in [4.69, 9.17) is 0 Å². The van der Waals surface area contributed by atoms with Gasteiger partial charge in [0.1, 0.15) is 23.7 Å². The SMILES string of the molecule is CN(Cc1ncnn1-c1ccc(F)cc1F)[C@@H]1CCS(=O)(=O)C1. The number of hydrogen-bond donors (Lipinski definition) is 0. The maximum Gasteiger partial charge on any atom is 0.151 e. The minimum atomic E-state index is -2.98. The van der Waals surface area contributed by atoms with Crippen LogP contribution in [-0.4, -0.2) is 52.7 Å². The highest BCUT2D eigenvalue weighted by Gasteiger charge is 2.31. The lowest BCUT2D eigenvalue weighted by Gasteiger charge is -2.22. The number of hydrogen-bond acceptors (Lipinski definition) is 5. The molecule has 0 unspecified atom stereocenters. The maximum atomic E-state index is 13.9. The van der Waals surface area contributed by atoms with E-state index >= 15 is 0 Å². The molecular formula is C14H16F2N4O2S. The van der Waals surface area contributed by atoms with Gasteiger partial charge in [0.2, 0.25) is 0 Å². The van der Waals surface area contributed by atoms with Crippen LogP contribution in [0.15, 0.2) is 24.5 Å². The van der Waals surface area contributed by atoms with Crippen LogP contribution < -0.4 is 0 Å². The van der Waals surface area contributed by atoms with Crippen LogP contribution in [0.4, 0.5) is 8.78 Å². The zero-order valence-electron chi connectivity index (χ0n) is 12.5. The Kier molecular flexibility index (Phi) is 4.15. The fourth-order valence-electron chi connectivity index (χ4n) is 2.70. The summed E-state index contributed by atoms with van der Waals surface area (Å²) in [4.78, 5) is 5.97. The van der Waals surface area contributed by atoms with Crippen molar-refractivity contribution >= 4 is 9.84 Å². The average molecular weight is 342 g/mol. The van der Waals surface area contributed by atoms with Gasteiger partial charge >= 0.3 is 0 Å². The molecule has 0 saturated carbocycles. The van der Waals surface area contributed by atoms with E-state index in [1.165, 1.54) is 17.1 Å². The minimum absolute atomic E-state index is 0.0942. The number of rotatable bonds is 4. The normalized spacial score (nSPS) is 20.3. The highest BCUT2D eigenvalue weighted by Crippen LogP contribution is 2.20. The quantitative estimate of drug-likeness (QED) is 0.834. The molecule has 124 valence electrons. The van der Waals surface area contributed by atoms with Gasteiger partial charge in [0.15, 0.2) is 15.7 Å². The Morgan fingerprint density at radius 3 is 2.83 bits per heavy atom. The van der Waals surface area contributed by atoms with Crippen molar-refractivity contribution in [2.24, 2.45) is 0 Å². The second-order valence-corrected chi connectivity index (χ2v) is 7.88. The second kappa shape index (κ2) is 5.97. The molecule has 1 aromatic heterocycles. The van der Waals surface area contributed by atoms with Gasteiger partial charge < -0.3 is 0 Å². The molecule has 1 aliphatic heterocycles. The Hall–Kier alpha value is -1.87.